The van der Waals surface area contributed by atoms with Crippen LogP contribution >= 0.6 is 0 Å². The second-order valence-electron chi connectivity index (χ2n) is 9.44. The number of carbonyl (C=O) groups is 2. The molecule has 5 nitrogen and oxygen atoms in total. The molecule has 6 rings (SSSR count). The third-order valence-electron chi connectivity index (χ3n) is 7.76. The highest BCUT2D eigenvalue weighted by Crippen LogP contribution is 2.85. The Morgan fingerprint density at radius 2 is 1.89 bits per heavy atom. The smallest absolute Gasteiger partial charge is 0.313 e. The summed E-state index contributed by atoms with van der Waals surface area (Å²) in [4.78, 5) is 26.4. The number of benzene rings is 1. The molecule has 0 radical (unpaired) electrons. The number of hydrogen-bond acceptors (Lipinski definition) is 5. The summed E-state index contributed by atoms with van der Waals surface area (Å²) in [5.41, 5.74) is -0.0490. The zero-order valence-electron chi connectivity index (χ0n) is 16.9. The van der Waals surface area contributed by atoms with Crippen LogP contribution < -0.4 is 0 Å². The van der Waals surface area contributed by atoms with Crippen molar-refractivity contribution in [3.63, 3.8) is 0 Å². The standard InChI is InChI=1S/C23H28O5/c1-5-26-20(25)23-15(14-11-12-22(23,4)19(23)16(14)24)18-17(27-21(2,3)28-18)13-9-7-6-8-10-13/h6-10,14-15,17-19H,5,11-12H2,1-4H3/t14-,15-,17-,18-,19+,22-,23+/m0/s1. The minimum absolute atomic E-state index is 0.148. The van der Waals surface area contributed by atoms with Gasteiger partial charge in [0.05, 0.1) is 18.1 Å². The molecule has 1 aromatic carbocycles. The van der Waals surface area contributed by atoms with Crippen molar-refractivity contribution in [2.45, 2.75) is 58.5 Å². The van der Waals surface area contributed by atoms with Gasteiger partial charge in [-0.25, -0.2) is 0 Å². The number of fused-ring (bicyclic) bond motifs is 1. The number of ether oxygens (including phenoxy) is 3. The molecule has 0 amide bonds. The third-order valence-corrected chi connectivity index (χ3v) is 7.76. The van der Waals surface area contributed by atoms with E-state index in [-0.39, 0.29) is 47.1 Å². The Balaban J connectivity index is 1.61. The van der Waals surface area contributed by atoms with Gasteiger partial charge in [0.1, 0.15) is 11.9 Å². The van der Waals surface area contributed by atoms with Gasteiger partial charge in [0.15, 0.2) is 5.79 Å². The molecule has 1 heterocycles. The first-order valence-corrected chi connectivity index (χ1v) is 10.4. The van der Waals surface area contributed by atoms with E-state index >= 15 is 0 Å². The molecule has 4 aliphatic carbocycles. The lowest BCUT2D eigenvalue weighted by molar-refractivity contribution is -0.171. The maximum absolute atomic E-state index is 13.3. The number of ketones is 1. The van der Waals surface area contributed by atoms with Crippen molar-refractivity contribution in [1.82, 2.24) is 0 Å². The largest absolute Gasteiger partial charge is 0.466 e. The fourth-order valence-electron chi connectivity index (χ4n) is 6.84. The molecule has 5 heteroatoms. The molecule has 4 saturated carbocycles. The van der Waals surface area contributed by atoms with Gasteiger partial charge in [-0.2, -0.15) is 0 Å². The summed E-state index contributed by atoms with van der Waals surface area (Å²) in [6.45, 7) is 8.05. The number of carbonyl (C=O) groups excluding carboxylic acids is 2. The van der Waals surface area contributed by atoms with Crippen molar-refractivity contribution in [3.8, 4) is 0 Å². The molecule has 4 bridgehead atoms. The van der Waals surface area contributed by atoms with Crippen LogP contribution in [0.3, 0.4) is 0 Å². The van der Waals surface area contributed by atoms with Crippen LogP contribution in [-0.2, 0) is 23.8 Å². The Kier molecular flexibility index (Phi) is 3.71. The van der Waals surface area contributed by atoms with Gasteiger partial charge in [0.2, 0.25) is 0 Å². The zero-order valence-corrected chi connectivity index (χ0v) is 16.9. The average Bonchev–Trinajstić information content (AvgIpc) is 2.96. The van der Waals surface area contributed by atoms with E-state index in [0.29, 0.717) is 6.61 Å². The Hall–Kier alpha value is -1.72. The highest BCUT2D eigenvalue weighted by atomic mass is 16.8. The first-order chi connectivity index (χ1) is 13.3. The first-order valence-electron chi connectivity index (χ1n) is 10.4. The van der Waals surface area contributed by atoms with Crippen LogP contribution in [-0.4, -0.2) is 30.3 Å². The molecule has 5 aliphatic rings. The lowest BCUT2D eigenvalue weighted by atomic mass is 9.63. The van der Waals surface area contributed by atoms with Crippen LogP contribution in [0.2, 0.25) is 0 Å². The van der Waals surface area contributed by atoms with Gasteiger partial charge in [-0.3, -0.25) is 9.59 Å². The maximum atomic E-state index is 13.3. The topological polar surface area (TPSA) is 61.8 Å². The van der Waals surface area contributed by atoms with Crippen molar-refractivity contribution in [3.05, 3.63) is 35.9 Å². The van der Waals surface area contributed by atoms with E-state index in [1.807, 2.05) is 51.1 Å². The van der Waals surface area contributed by atoms with E-state index in [1.54, 1.807) is 0 Å². The molecule has 28 heavy (non-hydrogen) atoms. The van der Waals surface area contributed by atoms with Gasteiger partial charge >= 0.3 is 5.97 Å². The van der Waals surface area contributed by atoms with Crippen molar-refractivity contribution < 1.29 is 23.8 Å². The molecular formula is C23H28O5. The number of rotatable bonds is 4. The number of Topliss-reactive ketones (excluding diaryl/α,β-unsaturated/α-hetero) is 1. The minimum Gasteiger partial charge on any atom is -0.466 e. The lowest BCUT2D eigenvalue weighted by Gasteiger charge is -2.41. The summed E-state index contributed by atoms with van der Waals surface area (Å²) in [7, 11) is 0. The Labute approximate surface area is 165 Å². The molecule has 0 aromatic heterocycles. The first kappa shape index (κ1) is 18.3. The van der Waals surface area contributed by atoms with Crippen molar-refractivity contribution in [1.29, 1.82) is 0 Å². The second-order valence-corrected chi connectivity index (χ2v) is 9.44. The molecule has 7 atom stereocenters. The van der Waals surface area contributed by atoms with Crippen molar-refractivity contribution in [2.75, 3.05) is 6.61 Å². The van der Waals surface area contributed by atoms with Crippen LogP contribution in [0, 0.1) is 28.6 Å². The Morgan fingerprint density at radius 3 is 2.54 bits per heavy atom. The van der Waals surface area contributed by atoms with Crippen LogP contribution in [0.1, 0.15) is 52.2 Å². The summed E-state index contributed by atoms with van der Waals surface area (Å²) in [5.74, 6) is -1.33. The van der Waals surface area contributed by atoms with E-state index in [9.17, 15) is 9.59 Å². The number of esters is 1. The van der Waals surface area contributed by atoms with Gasteiger partial charge in [-0.15, -0.1) is 0 Å². The molecule has 0 N–H and O–H groups in total. The molecule has 1 aromatic rings. The van der Waals surface area contributed by atoms with Crippen LogP contribution in [0.25, 0.3) is 0 Å². The van der Waals surface area contributed by atoms with Gasteiger partial charge < -0.3 is 14.2 Å². The van der Waals surface area contributed by atoms with Gasteiger partial charge in [0, 0.05) is 17.8 Å². The fourth-order valence-corrected chi connectivity index (χ4v) is 6.84. The molecule has 1 aliphatic heterocycles. The van der Waals surface area contributed by atoms with Crippen molar-refractivity contribution in [2.24, 2.45) is 28.6 Å². The van der Waals surface area contributed by atoms with E-state index in [0.717, 1.165) is 18.4 Å². The molecule has 0 spiro atoms. The third kappa shape index (κ3) is 2.04. The van der Waals surface area contributed by atoms with Crippen molar-refractivity contribution >= 4 is 11.8 Å². The Bertz CT molecular complexity index is 833. The molecule has 150 valence electrons. The quantitative estimate of drug-likeness (QED) is 0.741. The van der Waals surface area contributed by atoms with Gasteiger partial charge in [-0.05, 0) is 44.6 Å². The van der Waals surface area contributed by atoms with Gasteiger partial charge in [0.25, 0.3) is 0 Å². The minimum atomic E-state index is -0.767. The van der Waals surface area contributed by atoms with Gasteiger partial charge in [-0.1, -0.05) is 37.3 Å². The summed E-state index contributed by atoms with van der Waals surface area (Å²) in [6.07, 6.45) is 1.07. The number of hydrogen-bond donors (Lipinski definition) is 0. The zero-order chi connectivity index (χ0) is 19.9. The predicted molar refractivity (Wildman–Crippen MR) is 101 cm³/mol. The summed E-state index contributed by atoms with van der Waals surface area (Å²) in [6, 6.07) is 9.99. The fraction of sp³-hybridized carbons (Fsp3) is 0.652. The SMILES string of the molecule is CCOC(=O)[C@]12[C@H]([C@@H]3OC(C)(C)O[C@H]3c3ccccc3)[C@@H]3CC[C@@]1(C)[C@H]2C3=O. The monoisotopic (exact) mass is 384 g/mol. The van der Waals surface area contributed by atoms with E-state index in [1.165, 1.54) is 0 Å². The second kappa shape index (κ2) is 5.67. The lowest BCUT2D eigenvalue weighted by Crippen LogP contribution is -2.47. The normalized spacial score (nSPS) is 45.1. The van der Waals surface area contributed by atoms with Crippen LogP contribution in [0.15, 0.2) is 30.3 Å². The van der Waals surface area contributed by atoms with E-state index < -0.39 is 11.2 Å². The molecule has 5 fully saturated rings. The average molecular weight is 384 g/mol. The molecule has 0 unspecified atom stereocenters. The predicted octanol–water partition coefficient (Wildman–Crippen LogP) is 3.67. The molecule has 1 saturated heterocycles. The summed E-state index contributed by atoms with van der Waals surface area (Å²) < 4.78 is 18.2. The Morgan fingerprint density at radius 1 is 1.18 bits per heavy atom. The van der Waals surface area contributed by atoms with Crippen LogP contribution in [0.5, 0.6) is 0 Å². The van der Waals surface area contributed by atoms with Crippen LogP contribution in [0.4, 0.5) is 0 Å². The summed E-state index contributed by atoms with van der Waals surface area (Å²) in [5, 5.41) is 0. The highest BCUT2D eigenvalue weighted by Gasteiger charge is 2.91. The summed E-state index contributed by atoms with van der Waals surface area (Å²) >= 11 is 0. The molecular weight excluding hydrogens is 356 g/mol. The van der Waals surface area contributed by atoms with E-state index in [4.69, 9.17) is 14.2 Å². The maximum Gasteiger partial charge on any atom is 0.313 e. The highest BCUT2D eigenvalue weighted by molar-refractivity contribution is 6.03. The van der Waals surface area contributed by atoms with E-state index in [2.05, 4.69) is 6.92 Å².